The van der Waals surface area contributed by atoms with Crippen molar-refractivity contribution >= 4 is 16.9 Å². The van der Waals surface area contributed by atoms with Gasteiger partial charge in [-0.1, -0.05) is 0 Å². The second-order valence-electron chi connectivity index (χ2n) is 8.69. The van der Waals surface area contributed by atoms with E-state index >= 15 is 0 Å². The van der Waals surface area contributed by atoms with Gasteiger partial charge in [-0.2, -0.15) is 0 Å². The fourth-order valence-corrected chi connectivity index (χ4v) is 5.44. The van der Waals surface area contributed by atoms with E-state index in [-0.39, 0.29) is 5.54 Å². The van der Waals surface area contributed by atoms with Gasteiger partial charge in [0.25, 0.3) is 0 Å². The van der Waals surface area contributed by atoms with Crippen molar-refractivity contribution in [3.63, 3.8) is 0 Å². The number of aryl methyl sites for hydroxylation is 1. The molecule has 0 amide bonds. The van der Waals surface area contributed by atoms with Crippen LogP contribution in [0.4, 0.5) is 5.82 Å². The summed E-state index contributed by atoms with van der Waals surface area (Å²) in [5.41, 5.74) is 6.84. The smallest absolute Gasteiger partial charge is 0.164 e. The lowest BCUT2D eigenvalue weighted by Gasteiger charge is -2.43. The highest BCUT2D eigenvalue weighted by atomic mass is 16.6. The van der Waals surface area contributed by atoms with Gasteiger partial charge in [0.1, 0.15) is 35.6 Å². The van der Waals surface area contributed by atoms with Crippen molar-refractivity contribution in [2.75, 3.05) is 31.9 Å². The highest BCUT2D eigenvalue weighted by Crippen LogP contribution is 2.39. The van der Waals surface area contributed by atoms with E-state index in [1.807, 2.05) is 6.07 Å². The Balaban J connectivity index is 1.38. The molecule has 5 heterocycles. The van der Waals surface area contributed by atoms with Crippen molar-refractivity contribution in [1.29, 1.82) is 0 Å². The molecular weight excluding hydrogens is 372 g/mol. The average Bonchev–Trinajstić information content (AvgIpc) is 3.36. The molecule has 0 aliphatic carbocycles. The molecule has 2 aromatic rings. The molecule has 0 bridgehead atoms. The predicted octanol–water partition coefficient (Wildman–Crippen LogP) is 0.159. The van der Waals surface area contributed by atoms with Crippen LogP contribution in [0.2, 0.25) is 0 Å². The SMILES string of the molecule is Cc1nc(N)c2ccn([C@@H]3O[C@H](CN4CCCC45CCNCC5)[C@@H](O)[C@H]3O)c2n1. The number of hydrogen-bond donors (Lipinski definition) is 4. The number of aromatic nitrogens is 3. The van der Waals surface area contributed by atoms with E-state index in [1.165, 1.54) is 12.8 Å². The minimum absolute atomic E-state index is 0.205. The number of fused-ring (bicyclic) bond motifs is 1. The third kappa shape index (κ3) is 3.12. The fourth-order valence-electron chi connectivity index (χ4n) is 5.44. The van der Waals surface area contributed by atoms with Crippen molar-refractivity contribution in [3.8, 4) is 0 Å². The van der Waals surface area contributed by atoms with Gasteiger partial charge in [-0.05, 0) is 58.3 Å². The number of hydrogen-bond acceptors (Lipinski definition) is 8. The van der Waals surface area contributed by atoms with Crippen molar-refractivity contribution in [3.05, 3.63) is 18.1 Å². The lowest BCUT2D eigenvalue weighted by molar-refractivity contribution is -0.0542. The fraction of sp³-hybridized carbons (Fsp3) is 0.700. The molecule has 0 saturated carbocycles. The second-order valence-corrected chi connectivity index (χ2v) is 8.69. The van der Waals surface area contributed by atoms with Gasteiger partial charge in [-0.25, -0.2) is 9.97 Å². The summed E-state index contributed by atoms with van der Waals surface area (Å²) in [6.45, 7) is 5.49. The Kier molecular flexibility index (Phi) is 4.75. The second kappa shape index (κ2) is 7.17. The van der Waals surface area contributed by atoms with Crippen LogP contribution in [0.15, 0.2) is 12.3 Å². The Hall–Kier alpha value is -1.78. The van der Waals surface area contributed by atoms with Crippen molar-refractivity contribution < 1.29 is 14.9 Å². The van der Waals surface area contributed by atoms with Crippen LogP contribution in [0.25, 0.3) is 11.0 Å². The maximum Gasteiger partial charge on any atom is 0.164 e. The van der Waals surface area contributed by atoms with Crippen LogP contribution in [0.3, 0.4) is 0 Å². The van der Waals surface area contributed by atoms with Crippen LogP contribution < -0.4 is 11.1 Å². The Labute approximate surface area is 169 Å². The molecule has 3 fully saturated rings. The van der Waals surface area contributed by atoms with Gasteiger partial charge in [-0.15, -0.1) is 0 Å². The van der Waals surface area contributed by atoms with Gasteiger partial charge in [0.15, 0.2) is 6.23 Å². The molecule has 9 nitrogen and oxygen atoms in total. The maximum atomic E-state index is 10.8. The number of piperidine rings is 1. The first kappa shape index (κ1) is 19.2. The summed E-state index contributed by atoms with van der Waals surface area (Å²) in [6.07, 6.45) is 3.29. The van der Waals surface area contributed by atoms with Crippen LogP contribution in [0, 0.1) is 6.92 Å². The van der Waals surface area contributed by atoms with Crippen LogP contribution >= 0.6 is 0 Å². The third-order valence-corrected chi connectivity index (χ3v) is 7.00. The number of aliphatic hydroxyl groups is 2. The summed E-state index contributed by atoms with van der Waals surface area (Å²) in [5.74, 6) is 0.963. The summed E-state index contributed by atoms with van der Waals surface area (Å²) >= 11 is 0. The summed E-state index contributed by atoms with van der Waals surface area (Å²) in [6, 6.07) is 1.82. The molecule has 3 aliphatic rings. The largest absolute Gasteiger partial charge is 0.387 e. The van der Waals surface area contributed by atoms with Crippen LogP contribution in [-0.2, 0) is 4.74 Å². The first-order chi connectivity index (χ1) is 14.0. The van der Waals surface area contributed by atoms with Gasteiger partial charge in [-0.3, -0.25) is 4.90 Å². The first-order valence-corrected chi connectivity index (χ1v) is 10.6. The van der Waals surface area contributed by atoms with Gasteiger partial charge in [0.2, 0.25) is 0 Å². The number of nitrogens with one attached hydrogen (secondary N) is 1. The standard InChI is InChI=1S/C20H30N6O3/c1-12-23-17(21)13-3-10-26(18(13)24-12)19-16(28)15(27)14(29-19)11-25-9-2-4-20(25)5-7-22-8-6-20/h3,10,14-16,19,22,27-28H,2,4-9,11H2,1H3,(H2,21,23,24)/t14-,15-,16-,19-/m1/s1. The molecule has 29 heavy (non-hydrogen) atoms. The molecule has 0 radical (unpaired) electrons. The van der Waals surface area contributed by atoms with E-state index in [0.29, 0.717) is 23.8 Å². The summed E-state index contributed by atoms with van der Waals surface area (Å²) < 4.78 is 7.98. The van der Waals surface area contributed by atoms with E-state index in [4.69, 9.17) is 10.5 Å². The number of ether oxygens (including phenoxy) is 1. The highest BCUT2D eigenvalue weighted by Gasteiger charge is 2.48. The van der Waals surface area contributed by atoms with Crippen molar-refractivity contribution in [2.45, 2.75) is 62.7 Å². The zero-order chi connectivity index (χ0) is 20.2. The molecule has 5 N–H and O–H groups in total. The van der Waals surface area contributed by atoms with Crippen LogP contribution in [0.5, 0.6) is 0 Å². The molecule has 9 heteroatoms. The Morgan fingerprint density at radius 3 is 2.83 bits per heavy atom. The average molecular weight is 402 g/mol. The van der Waals surface area contributed by atoms with Crippen LogP contribution in [0.1, 0.15) is 37.7 Å². The van der Waals surface area contributed by atoms with Gasteiger partial charge in [0.05, 0.1) is 5.39 Å². The van der Waals surface area contributed by atoms with E-state index in [2.05, 4.69) is 20.2 Å². The number of likely N-dealkylation sites (tertiary alicyclic amines) is 1. The molecule has 3 aliphatic heterocycles. The molecule has 0 unspecified atom stereocenters. The third-order valence-electron chi connectivity index (χ3n) is 7.00. The number of rotatable bonds is 3. The lowest BCUT2D eigenvalue weighted by Crippen LogP contribution is -2.54. The zero-order valence-corrected chi connectivity index (χ0v) is 16.8. The molecule has 2 aromatic heterocycles. The predicted molar refractivity (Wildman–Crippen MR) is 108 cm³/mol. The molecule has 1 spiro atoms. The maximum absolute atomic E-state index is 10.8. The number of anilines is 1. The summed E-state index contributed by atoms with van der Waals surface area (Å²) in [7, 11) is 0. The van der Waals surface area contributed by atoms with Gasteiger partial charge < -0.3 is 30.6 Å². The monoisotopic (exact) mass is 402 g/mol. The van der Waals surface area contributed by atoms with Gasteiger partial charge in [0, 0.05) is 18.3 Å². The van der Waals surface area contributed by atoms with Gasteiger partial charge >= 0.3 is 0 Å². The Morgan fingerprint density at radius 2 is 2.03 bits per heavy atom. The number of nitrogen functional groups attached to an aromatic ring is 1. The van der Waals surface area contributed by atoms with E-state index < -0.39 is 24.5 Å². The van der Waals surface area contributed by atoms with E-state index in [9.17, 15) is 10.2 Å². The first-order valence-electron chi connectivity index (χ1n) is 10.6. The van der Waals surface area contributed by atoms with Crippen LogP contribution in [-0.4, -0.2) is 79.7 Å². The molecule has 158 valence electrons. The summed E-state index contributed by atoms with van der Waals surface area (Å²) in [4.78, 5) is 11.2. The zero-order valence-electron chi connectivity index (χ0n) is 16.8. The molecule has 3 saturated heterocycles. The lowest BCUT2D eigenvalue weighted by atomic mass is 9.85. The molecule has 5 rings (SSSR count). The topological polar surface area (TPSA) is 122 Å². The highest BCUT2D eigenvalue weighted by molar-refractivity contribution is 5.86. The Morgan fingerprint density at radius 1 is 1.24 bits per heavy atom. The molecule has 4 atom stereocenters. The number of nitrogens with two attached hydrogens (primary N) is 1. The minimum atomic E-state index is -1.03. The van der Waals surface area contributed by atoms with E-state index in [0.717, 1.165) is 37.9 Å². The molecule has 0 aromatic carbocycles. The number of aliphatic hydroxyl groups excluding tert-OH is 2. The van der Waals surface area contributed by atoms with Crippen molar-refractivity contribution in [1.82, 2.24) is 24.8 Å². The van der Waals surface area contributed by atoms with Crippen molar-refractivity contribution in [2.24, 2.45) is 0 Å². The van der Waals surface area contributed by atoms with E-state index in [1.54, 1.807) is 17.7 Å². The normalized spacial score (nSPS) is 32.5. The number of nitrogens with zero attached hydrogens (tertiary/aromatic N) is 4. The molecular formula is C20H30N6O3. The Bertz CT molecular complexity index is 896. The quantitative estimate of drug-likeness (QED) is 0.573. The summed E-state index contributed by atoms with van der Waals surface area (Å²) in [5, 5.41) is 25.7. The minimum Gasteiger partial charge on any atom is -0.387 e.